The fraction of sp³-hybridized carbons (Fsp3) is 0.429. The Balaban J connectivity index is 0.00000176. The van der Waals surface area contributed by atoms with Gasteiger partial charge in [-0.25, -0.2) is 0 Å². The monoisotopic (exact) mass is 388 g/mol. The molecule has 6 nitrogen and oxygen atoms in total. The number of hydrogen-bond acceptors (Lipinski definition) is 4. The summed E-state index contributed by atoms with van der Waals surface area (Å²) in [7, 11) is 0. The molecule has 22 heavy (non-hydrogen) atoms. The molecule has 2 aromatic rings. The molecule has 8 heteroatoms. The summed E-state index contributed by atoms with van der Waals surface area (Å²) in [6.07, 6.45) is 7.06. The fourth-order valence-corrected chi connectivity index (χ4v) is 2.93. The number of furan rings is 1. The Labute approximate surface area is 143 Å². The van der Waals surface area contributed by atoms with Crippen LogP contribution in [0.15, 0.2) is 33.6 Å². The Bertz CT molecular complexity index is 634. The molecular weight excluding hydrogens is 372 g/mol. The van der Waals surface area contributed by atoms with E-state index in [9.17, 15) is 4.79 Å². The van der Waals surface area contributed by atoms with E-state index in [0.29, 0.717) is 23.9 Å². The molecule has 1 amide bonds. The van der Waals surface area contributed by atoms with Gasteiger partial charge in [-0.3, -0.25) is 9.48 Å². The minimum absolute atomic E-state index is 0. The predicted octanol–water partition coefficient (Wildman–Crippen LogP) is 2.60. The van der Waals surface area contributed by atoms with Crippen LogP contribution in [-0.4, -0.2) is 33.7 Å². The molecule has 2 N–H and O–H groups in total. The lowest BCUT2D eigenvalue weighted by atomic mass is 10.0. The molecule has 0 bridgehead atoms. The van der Waals surface area contributed by atoms with Crippen molar-refractivity contribution in [2.75, 3.05) is 13.1 Å². The summed E-state index contributed by atoms with van der Waals surface area (Å²) < 4.78 is 8.18. The number of piperidine rings is 1. The van der Waals surface area contributed by atoms with Crippen molar-refractivity contribution in [2.45, 2.75) is 25.4 Å². The van der Waals surface area contributed by atoms with E-state index < -0.39 is 0 Å². The molecule has 1 saturated heterocycles. The highest BCUT2D eigenvalue weighted by Crippen LogP contribution is 2.24. The van der Waals surface area contributed by atoms with E-state index in [0.717, 1.165) is 30.4 Å². The Morgan fingerprint density at radius 1 is 1.45 bits per heavy atom. The molecule has 0 unspecified atom stereocenters. The van der Waals surface area contributed by atoms with Gasteiger partial charge in [0.25, 0.3) is 5.91 Å². The summed E-state index contributed by atoms with van der Waals surface area (Å²) in [5.41, 5.74) is 6.07. The van der Waals surface area contributed by atoms with Crippen molar-refractivity contribution in [3.8, 4) is 0 Å². The second-order valence-corrected chi connectivity index (χ2v) is 6.08. The van der Waals surface area contributed by atoms with Crippen LogP contribution in [0.25, 0.3) is 0 Å². The first-order valence-corrected chi connectivity index (χ1v) is 7.73. The zero-order valence-corrected chi connectivity index (χ0v) is 14.3. The van der Waals surface area contributed by atoms with Crippen molar-refractivity contribution < 1.29 is 9.21 Å². The zero-order chi connectivity index (χ0) is 14.8. The van der Waals surface area contributed by atoms with Gasteiger partial charge in [-0.1, -0.05) is 0 Å². The highest BCUT2D eigenvalue weighted by molar-refractivity contribution is 9.10. The van der Waals surface area contributed by atoms with Gasteiger partial charge in [-0.15, -0.1) is 12.4 Å². The number of likely N-dealkylation sites (tertiary alicyclic amines) is 1. The highest BCUT2D eigenvalue weighted by atomic mass is 79.9. The third kappa shape index (κ3) is 3.53. The number of rotatable bonds is 3. The van der Waals surface area contributed by atoms with E-state index in [1.165, 1.54) is 6.26 Å². The number of amides is 1. The minimum atomic E-state index is 0. The van der Waals surface area contributed by atoms with E-state index in [1.807, 2.05) is 15.8 Å². The molecule has 0 aromatic carbocycles. The number of nitrogens with zero attached hydrogens (tertiary/aromatic N) is 3. The summed E-state index contributed by atoms with van der Waals surface area (Å²) in [5, 5.41) is 4.32. The maximum atomic E-state index is 12.4. The Kier molecular flexibility index (Phi) is 5.66. The standard InChI is InChI=1S/C14H17BrN4O2.ClH/c15-11-7-17-19(8-11)12-1-3-18(4-2-12)14(20)10-5-13(6-16)21-9-10;/h5,7-9,12H,1-4,6,16H2;1H. The highest BCUT2D eigenvalue weighted by Gasteiger charge is 2.25. The molecule has 120 valence electrons. The molecule has 1 aliphatic heterocycles. The minimum Gasteiger partial charge on any atom is -0.467 e. The first-order valence-electron chi connectivity index (χ1n) is 6.94. The first kappa shape index (κ1) is 17.1. The normalized spacial score (nSPS) is 15.6. The molecule has 2 aromatic heterocycles. The van der Waals surface area contributed by atoms with Gasteiger partial charge in [0.15, 0.2) is 0 Å². The van der Waals surface area contributed by atoms with Crippen LogP contribution in [0.1, 0.15) is 35.0 Å². The molecule has 3 rings (SSSR count). The lowest BCUT2D eigenvalue weighted by molar-refractivity contribution is 0.0689. The van der Waals surface area contributed by atoms with Crippen LogP contribution in [0, 0.1) is 0 Å². The van der Waals surface area contributed by atoms with Gasteiger partial charge in [0.05, 0.1) is 28.8 Å². The smallest absolute Gasteiger partial charge is 0.257 e. The predicted molar refractivity (Wildman–Crippen MR) is 87.9 cm³/mol. The number of carbonyl (C=O) groups excluding carboxylic acids is 1. The average Bonchev–Trinajstić information content (AvgIpc) is 3.15. The van der Waals surface area contributed by atoms with Crippen LogP contribution >= 0.6 is 28.3 Å². The number of hydrogen-bond donors (Lipinski definition) is 1. The largest absolute Gasteiger partial charge is 0.467 e. The molecule has 1 fully saturated rings. The van der Waals surface area contributed by atoms with Gasteiger partial charge < -0.3 is 15.1 Å². The van der Waals surface area contributed by atoms with Crippen molar-refractivity contribution in [3.05, 3.63) is 40.5 Å². The second kappa shape index (κ2) is 7.30. The maximum absolute atomic E-state index is 12.4. The molecule has 3 heterocycles. The molecule has 0 radical (unpaired) electrons. The van der Waals surface area contributed by atoms with Crippen LogP contribution in [0.5, 0.6) is 0 Å². The van der Waals surface area contributed by atoms with E-state index in [-0.39, 0.29) is 18.3 Å². The molecule has 0 spiro atoms. The van der Waals surface area contributed by atoms with E-state index in [2.05, 4.69) is 21.0 Å². The number of halogens is 2. The zero-order valence-electron chi connectivity index (χ0n) is 11.9. The Morgan fingerprint density at radius 3 is 2.73 bits per heavy atom. The quantitative estimate of drug-likeness (QED) is 0.875. The van der Waals surface area contributed by atoms with Crippen molar-refractivity contribution in [1.82, 2.24) is 14.7 Å². The van der Waals surface area contributed by atoms with Gasteiger partial charge in [-0.05, 0) is 34.8 Å². The topological polar surface area (TPSA) is 77.3 Å². The Morgan fingerprint density at radius 2 is 2.18 bits per heavy atom. The molecular formula is C14H18BrClN4O2. The molecule has 0 aliphatic carbocycles. The Hall–Kier alpha value is -1.31. The molecule has 0 saturated carbocycles. The summed E-state index contributed by atoms with van der Waals surface area (Å²) in [4.78, 5) is 14.2. The summed E-state index contributed by atoms with van der Waals surface area (Å²) >= 11 is 3.41. The second-order valence-electron chi connectivity index (χ2n) is 5.17. The van der Waals surface area contributed by atoms with Gasteiger partial charge in [0, 0.05) is 19.3 Å². The summed E-state index contributed by atoms with van der Waals surface area (Å²) in [6, 6.07) is 2.07. The van der Waals surface area contributed by atoms with Crippen LogP contribution < -0.4 is 5.73 Å². The van der Waals surface area contributed by atoms with Crippen molar-refractivity contribution >= 4 is 34.2 Å². The number of carbonyl (C=O) groups is 1. The molecule has 0 atom stereocenters. The average molecular weight is 390 g/mol. The van der Waals surface area contributed by atoms with E-state index in [1.54, 1.807) is 12.3 Å². The van der Waals surface area contributed by atoms with Crippen molar-refractivity contribution in [3.63, 3.8) is 0 Å². The molecule has 1 aliphatic rings. The van der Waals surface area contributed by atoms with E-state index >= 15 is 0 Å². The van der Waals surface area contributed by atoms with E-state index in [4.69, 9.17) is 10.2 Å². The van der Waals surface area contributed by atoms with Crippen LogP contribution in [-0.2, 0) is 6.54 Å². The fourth-order valence-electron chi connectivity index (χ4n) is 2.63. The van der Waals surface area contributed by atoms with Crippen molar-refractivity contribution in [1.29, 1.82) is 0 Å². The van der Waals surface area contributed by atoms with Gasteiger partial charge in [0.2, 0.25) is 0 Å². The van der Waals surface area contributed by atoms with Crippen LogP contribution in [0.3, 0.4) is 0 Å². The van der Waals surface area contributed by atoms with Crippen molar-refractivity contribution in [2.24, 2.45) is 5.73 Å². The number of aromatic nitrogens is 2. The van der Waals surface area contributed by atoms with Crippen LogP contribution in [0.2, 0.25) is 0 Å². The lowest BCUT2D eigenvalue weighted by Crippen LogP contribution is -2.39. The van der Waals surface area contributed by atoms with Crippen LogP contribution in [0.4, 0.5) is 0 Å². The summed E-state index contributed by atoms with van der Waals surface area (Å²) in [6.45, 7) is 1.76. The maximum Gasteiger partial charge on any atom is 0.257 e. The van der Waals surface area contributed by atoms with Gasteiger partial charge in [0.1, 0.15) is 12.0 Å². The first-order chi connectivity index (χ1) is 10.2. The lowest BCUT2D eigenvalue weighted by Gasteiger charge is -2.31. The summed E-state index contributed by atoms with van der Waals surface area (Å²) in [5.74, 6) is 0.646. The third-order valence-electron chi connectivity index (χ3n) is 3.80. The third-order valence-corrected chi connectivity index (χ3v) is 4.21. The van der Waals surface area contributed by atoms with Gasteiger partial charge in [-0.2, -0.15) is 5.10 Å². The SMILES string of the molecule is Cl.NCc1cc(C(=O)N2CCC(n3cc(Br)cn3)CC2)co1. The van der Waals surface area contributed by atoms with Gasteiger partial charge >= 0.3 is 0 Å². The number of nitrogens with two attached hydrogens (primary N) is 1.